The monoisotopic (exact) mass is 277 g/mol. The van der Waals surface area contributed by atoms with Gasteiger partial charge in [-0.2, -0.15) is 0 Å². The second kappa shape index (κ2) is 5.36. The van der Waals surface area contributed by atoms with Gasteiger partial charge in [0.2, 0.25) is 6.29 Å². The molecule has 3 rings (SSSR count). The van der Waals surface area contributed by atoms with Crippen LogP contribution in [0.5, 0.6) is 0 Å². The predicted molar refractivity (Wildman–Crippen MR) is 70.9 cm³/mol. The number of hydrogen-bond acceptors (Lipinski definition) is 6. The molecule has 7 heteroatoms. The molecule has 0 N–H and O–H groups in total. The van der Waals surface area contributed by atoms with Crippen molar-refractivity contribution < 1.29 is 14.4 Å². The third kappa shape index (κ3) is 2.52. The molecule has 0 bridgehead atoms. The van der Waals surface area contributed by atoms with Crippen LogP contribution in [0.25, 0.3) is 0 Å². The number of ether oxygens (including phenoxy) is 2. The summed E-state index contributed by atoms with van der Waals surface area (Å²) in [5.74, 6) is 1.15. The van der Waals surface area contributed by atoms with Crippen LogP contribution in [0.3, 0.4) is 0 Å². The molecule has 7 nitrogen and oxygen atoms in total. The Hall–Kier alpha value is -2.31. The van der Waals surface area contributed by atoms with Gasteiger partial charge >= 0.3 is 0 Å². The molecule has 1 aromatic rings. The molecule has 0 spiro atoms. The van der Waals surface area contributed by atoms with Crippen molar-refractivity contribution in [2.75, 3.05) is 18.0 Å². The minimum Gasteiger partial charge on any atom is -0.459 e. The van der Waals surface area contributed by atoms with Crippen molar-refractivity contribution in [2.24, 2.45) is 5.92 Å². The van der Waals surface area contributed by atoms with Gasteiger partial charge in [-0.3, -0.25) is 10.1 Å². The zero-order valence-electron chi connectivity index (χ0n) is 10.8. The Morgan fingerprint density at radius 3 is 2.50 bits per heavy atom. The molecule has 1 fully saturated rings. The average Bonchev–Trinajstić information content (AvgIpc) is 3.02. The van der Waals surface area contributed by atoms with Crippen LogP contribution in [-0.4, -0.2) is 29.3 Å². The Balaban J connectivity index is 1.58. The summed E-state index contributed by atoms with van der Waals surface area (Å²) in [4.78, 5) is 16.4. The van der Waals surface area contributed by atoms with Gasteiger partial charge < -0.3 is 14.4 Å². The smallest absolute Gasteiger partial charge is 0.287 e. The summed E-state index contributed by atoms with van der Waals surface area (Å²) in [6, 6.07) is 3.18. The zero-order chi connectivity index (χ0) is 13.9. The maximum Gasteiger partial charge on any atom is 0.287 e. The van der Waals surface area contributed by atoms with Gasteiger partial charge in [-0.25, -0.2) is 4.98 Å². The molecule has 0 radical (unpaired) electrons. The summed E-state index contributed by atoms with van der Waals surface area (Å²) < 4.78 is 10.7. The van der Waals surface area contributed by atoms with E-state index in [0.29, 0.717) is 5.92 Å². The molecule has 106 valence electrons. The first-order valence-electron chi connectivity index (χ1n) is 6.55. The number of rotatable bonds is 3. The van der Waals surface area contributed by atoms with Crippen LogP contribution in [0.1, 0.15) is 12.8 Å². The lowest BCUT2D eigenvalue weighted by molar-refractivity contribution is -0.385. The second-order valence-electron chi connectivity index (χ2n) is 4.87. The molecule has 0 amide bonds. The standard InChI is InChI=1S/C13H15N3O4/c17-16(18)11-1-2-12(14-9-11)15-5-3-10(4-6-15)13-19-7-8-20-13/h1-2,7-10,13H,3-6H2. The molecule has 0 unspecified atom stereocenters. The summed E-state index contributed by atoms with van der Waals surface area (Å²) in [7, 11) is 0. The Labute approximate surface area is 116 Å². The lowest BCUT2D eigenvalue weighted by Crippen LogP contribution is -2.38. The van der Waals surface area contributed by atoms with E-state index in [4.69, 9.17) is 9.47 Å². The number of piperidine rings is 1. The van der Waals surface area contributed by atoms with Gasteiger partial charge in [0, 0.05) is 25.1 Å². The van der Waals surface area contributed by atoms with E-state index < -0.39 is 4.92 Å². The largest absolute Gasteiger partial charge is 0.459 e. The van der Waals surface area contributed by atoms with E-state index in [2.05, 4.69) is 9.88 Å². The molecular weight excluding hydrogens is 262 g/mol. The van der Waals surface area contributed by atoms with E-state index in [1.54, 1.807) is 18.6 Å². The van der Waals surface area contributed by atoms with Crippen LogP contribution in [0, 0.1) is 16.0 Å². The van der Waals surface area contributed by atoms with Gasteiger partial charge in [-0.15, -0.1) is 0 Å². The maximum atomic E-state index is 10.6. The van der Waals surface area contributed by atoms with Crippen molar-refractivity contribution in [1.82, 2.24) is 4.98 Å². The molecule has 20 heavy (non-hydrogen) atoms. The molecule has 1 saturated heterocycles. The van der Waals surface area contributed by atoms with Crippen molar-refractivity contribution in [3.8, 4) is 0 Å². The quantitative estimate of drug-likeness (QED) is 0.621. The highest BCUT2D eigenvalue weighted by molar-refractivity contribution is 5.43. The normalized spacial score (nSPS) is 19.7. The fourth-order valence-corrected chi connectivity index (χ4v) is 2.55. The van der Waals surface area contributed by atoms with Gasteiger partial charge in [-0.05, 0) is 18.9 Å². The van der Waals surface area contributed by atoms with Crippen molar-refractivity contribution in [1.29, 1.82) is 0 Å². The van der Waals surface area contributed by atoms with Crippen molar-refractivity contribution >= 4 is 11.5 Å². The Kier molecular flexibility index (Phi) is 3.41. The average molecular weight is 277 g/mol. The van der Waals surface area contributed by atoms with E-state index in [-0.39, 0.29) is 12.0 Å². The van der Waals surface area contributed by atoms with E-state index >= 15 is 0 Å². The molecule has 0 aromatic carbocycles. The lowest BCUT2D eigenvalue weighted by atomic mass is 9.96. The van der Waals surface area contributed by atoms with E-state index in [1.165, 1.54) is 12.3 Å². The highest BCUT2D eigenvalue weighted by atomic mass is 16.7. The van der Waals surface area contributed by atoms with Crippen LogP contribution in [-0.2, 0) is 9.47 Å². The molecule has 0 aliphatic carbocycles. The van der Waals surface area contributed by atoms with Crippen LogP contribution in [0.2, 0.25) is 0 Å². The van der Waals surface area contributed by atoms with Gasteiger partial charge in [0.25, 0.3) is 5.69 Å². The molecule has 1 aromatic heterocycles. The first kappa shape index (κ1) is 12.7. The highest BCUT2D eigenvalue weighted by Gasteiger charge is 2.30. The third-order valence-corrected chi connectivity index (χ3v) is 3.67. The molecular formula is C13H15N3O4. The molecule has 2 aliphatic heterocycles. The SMILES string of the molecule is O=[N+]([O-])c1ccc(N2CCC(C3OC=CO3)CC2)nc1. The number of anilines is 1. The first-order valence-corrected chi connectivity index (χ1v) is 6.55. The number of hydrogen-bond donors (Lipinski definition) is 0. The summed E-state index contributed by atoms with van der Waals surface area (Å²) in [6.45, 7) is 1.69. The summed E-state index contributed by atoms with van der Waals surface area (Å²) in [5.41, 5.74) is 0.0162. The summed E-state index contributed by atoms with van der Waals surface area (Å²) in [6.07, 6.45) is 6.19. The predicted octanol–water partition coefficient (Wildman–Crippen LogP) is 2.05. The maximum absolute atomic E-state index is 10.6. The van der Waals surface area contributed by atoms with Crippen LogP contribution >= 0.6 is 0 Å². The fourth-order valence-electron chi connectivity index (χ4n) is 2.55. The van der Waals surface area contributed by atoms with Gasteiger partial charge in [-0.1, -0.05) is 0 Å². The van der Waals surface area contributed by atoms with Gasteiger partial charge in [0.1, 0.15) is 24.5 Å². The number of aromatic nitrogens is 1. The van der Waals surface area contributed by atoms with E-state index in [9.17, 15) is 10.1 Å². The van der Waals surface area contributed by atoms with Crippen LogP contribution < -0.4 is 4.90 Å². The van der Waals surface area contributed by atoms with E-state index in [1.807, 2.05) is 0 Å². The molecule has 2 aliphatic rings. The number of pyridine rings is 1. The van der Waals surface area contributed by atoms with Crippen molar-refractivity contribution in [3.63, 3.8) is 0 Å². The number of nitro groups is 1. The third-order valence-electron chi connectivity index (χ3n) is 3.67. The van der Waals surface area contributed by atoms with Crippen molar-refractivity contribution in [3.05, 3.63) is 41.0 Å². The second-order valence-corrected chi connectivity index (χ2v) is 4.87. The molecule has 0 saturated carbocycles. The Morgan fingerprint density at radius 1 is 1.25 bits per heavy atom. The Bertz CT molecular complexity index is 501. The van der Waals surface area contributed by atoms with Gasteiger partial charge in [0.15, 0.2) is 0 Å². The van der Waals surface area contributed by atoms with Crippen LogP contribution in [0.15, 0.2) is 30.9 Å². The fraction of sp³-hybridized carbons (Fsp3) is 0.462. The minimum atomic E-state index is -0.440. The highest BCUT2D eigenvalue weighted by Crippen LogP contribution is 2.28. The molecule has 3 heterocycles. The summed E-state index contributed by atoms with van der Waals surface area (Å²) in [5, 5.41) is 10.6. The lowest BCUT2D eigenvalue weighted by Gasteiger charge is -2.34. The van der Waals surface area contributed by atoms with E-state index in [0.717, 1.165) is 31.7 Å². The Morgan fingerprint density at radius 2 is 1.95 bits per heavy atom. The summed E-state index contributed by atoms with van der Waals surface area (Å²) >= 11 is 0. The number of nitrogens with zero attached hydrogens (tertiary/aromatic N) is 3. The first-order chi connectivity index (χ1) is 9.74. The topological polar surface area (TPSA) is 77.7 Å². The minimum absolute atomic E-state index is 0.0162. The van der Waals surface area contributed by atoms with Crippen molar-refractivity contribution in [2.45, 2.75) is 19.1 Å². The van der Waals surface area contributed by atoms with Gasteiger partial charge in [0.05, 0.1) is 4.92 Å². The zero-order valence-corrected chi connectivity index (χ0v) is 10.8. The van der Waals surface area contributed by atoms with Crippen LogP contribution in [0.4, 0.5) is 11.5 Å². The molecule has 0 atom stereocenters.